The summed E-state index contributed by atoms with van der Waals surface area (Å²) in [5, 5.41) is 7.35. The summed E-state index contributed by atoms with van der Waals surface area (Å²) >= 11 is 0. The van der Waals surface area contributed by atoms with E-state index in [1.807, 2.05) is 20.8 Å². The summed E-state index contributed by atoms with van der Waals surface area (Å²) in [6.45, 7) is 5.58. The van der Waals surface area contributed by atoms with Crippen molar-refractivity contribution in [1.29, 1.82) is 0 Å². The van der Waals surface area contributed by atoms with Gasteiger partial charge in [0.25, 0.3) is 5.91 Å². The molecule has 3 aromatic rings. The van der Waals surface area contributed by atoms with Gasteiger partial charge in [0.1, 0.15) is 11.3 Å². The first-order valence-corrected chi connectivity index (χ1v) is 7.30. The highest BCUT2D eigenvalue weighted by Gasteiger charge is 2.14. The molecule has 0 aliphatic heterocycles. The molecular weight excluding hydrogens is 296 g/mol. The van der Waals surface area contributed by atoms with Gasteiger partial charge in [-0.25, -0.2) is 4.79 Å². The molecule has 118 valence electrons. The number of carbonyl (C=O) groups excluding carboxylic acids is 1. The van der Waals surface area contributed by atoms with Crippen LogP contribution in [0.5, 0.6) is 0 Å². The number of hydrogen-bond donors (Lipinski definition) is 1. The van der Waals surface area contributed by atoms with E-state index < -0.39 is 0 Å². The summed E-state index contributed by atoms with van der Waals surface area (Å²) in [6.07, 6.45) is 0.674. The van der Waals surface area contributed by atoms with Gasteiger partial charge in [-0.3, -0.25) is 4.79 Å². The van der Waals surface area contributed by atoms with E-state index in [1.165, 1.54) is 6.07 Å². The van der Waals surface area contributed by atoms with Crippen LogP contribution in [0.2, 0.25) is 0 Å². The van der Waals surface area contributed by atoms with Crippen LogP contribution in [-0.2, 0) is 6.42 Å². The molecule has 0 radical (unpaired) electrons. The van der Waals surface area contributed by atoms with Crippen LogP contribution in [0.3, 0.4) is 0 Å². The Labute approximate surface area is 132 Å². The van der Waals surface area contributed by atoms with Crippen molar-refractivity contribution in [3.05, 3.63) is 57.3 Å². The number of aryl methyl sites for hydroxylation is 3. The summed E-state index contributed by atoms with van der Waals surface area (Å²) in [5.41, 5.74) is 2.57. The van der Waals surface area contributed by atoms with Gasteiger partial charge in [0.05, 0.1) is 0 Å². The van der Waals surface area contributed by atoms with E-state index in [1.54, 1.807) is 18.2 Å². The maximum absolute atomic E-state index is 12.3. The number of aromatic nitrogens is 1. The number of benzene rings is 1. The van der Waals surface area contributed by atoms with E-state index in [0.29, 0.717) is 23.5 Å². The van der Waals surface area contributed by atoms with E-state index in [4.69, 9.17) is 8.94 Å². The molecule has 2 aromatic heterocycles. The third-order valence-electron chi connectivity index (χ3n) is 3.68. The van der Waals surface area contributed by atoms with Gasteiger partial charge in [-0.1, -0.05) is 12.1 Å². The fourth-order valence-electron chi connectivity index (χ4n) is 2.37. The number of nitrogens with one attached hydrogen (secondary N) is 1. The Morgan fingerprint density at radius 2 is 1.96 bits per heavy atom. The molecule has 0 saturated heterocycles. The van der Waals surface area contributed by atoms with Gasteiger partial charge in [-0.05, 0) is 37.1 Å². The highest BCUT2D eigenvalue weighted by molar-refractivity contribution is 6.04. The minimum absolute atomic E-state index is 0.234. The lowest BCUT2D eigenvalue weighted by Gasteiger charge is -2.09. The Bertz CT molecular complexity index is 953. The first kappa shape index (κ1) is 15.0. The standard InChI is InChI=1S/C17H16N2O4/c1-4-11-7-14(19-23-11)17(21)18-13-8-12-9(2)6-16(20)22-15(12)5-10(13)3/h5-8H,4H2,1-3H3,(H,18,21). The minimum atomic E-state index is -0.388. The zero-order valence-corrected chi connectivity index (χ0v) is 13.1. The van der Waals surface area contributed by atoms with Gasteiger partial charge in [0, 0.05) is 29.6 Å². The molecule has 6 nitrogen and oxygen atoms in total. The van der Waals surface area contributed by atoms with E-state index in [9.17, 15) is 9.59 Å². The van der Waals surface area contributed by atoms with Crippen molar-refractivity contribution < 1.29 is 13.7 Å². The summed E-state index contributed by atoms with van der Waals surface area (Å²) in [7, 11) is 0. The molecule has 1 aromatic carbocycles. The normalized spacial score (nSPS) is 10.9. The van der Waals surface area contributed by atoms with Gasteiger partial charge >= 0.3 is 5.63 Å². The van der Waals surface area contributed by atoms with Gasteiger partial charge in [-0.15, -0.1) is 0 Å². The van der Waals surface area contributed by atoms with Gasteiger partial charge in [0.2, 0.25) is 0 Å². The molecular formula is C17H16N2O4. The van der Waals surface area contributed by atoms with Crippen molar-refractivity contribution in [3.63, 3.8) is 0 Å². The number of hydrogen-bond acceptors (Lipinski definition) is 5. The third kappa shape index (κ3) is 2.88. The predicted molar refractivity (Wildman–Crippen MR) is 85.8 cm³/mol. The maximum Gasteiger partial charge on any atom is 0.336 e. The van der Waals surface area contributed by atoms with Crippen molar-refractivity contribution in [2.45, 2.75) is 27.2 Å². The average molecular weight is 312 g/mol. The quantitative estimate of drug-likeness (QED) is 0.751. The molecule has 6 heteroatoms. The van der Waals surface area contributed by atoms with Crippen molar-refractivity contribution in [1.82, 2.24) is 5.16 Å². The predicted octanol–water partition coefficient (Wildman–Crippen LogP) is 3.21. The Morgan fingerprint density at radius 1 is 1.17 bits per heavy atom. The lowest BCUT2D eigenvalue weighted by atomic mass is 10.1. The number of rotatable bonds is 3. The molecule has 2 heterocycles. The first-order valence-electron chi connectivity index (χ1n) is 7.30. The monoisotopic (exact) mass is 312 g/mol. The first-order chi connectivity index (χ1) is 11.0. The van der Waals surface area contributed by atoms with Crippen LogP contribution >= 0.6 is 0 Å². The van der Waals surface area contributed by atoms with Gasteiger partial charge in [-0.2, -0.15) is 0 Å². The van der Waals surface area contributed by atoms with Crippen molar-refractivity contribution in [3.8, 4) is 0 Å². The highest BCUT2D eigenvalue weighted by atomic mass is 16.5. The van der Waals surface area contributed by atoms with Crippen molar-refractivity contribution in [2.24, 2.45) is 0 Å². The maximum atomic E-state index is 12.3. The Morgan fingerprint density at radius 3 is 2.65 bits per heavy atom. The molecule has 0 spiro atoms. The topological polar surface area (TPSA) is 85.3 Å². The zero-order valence-electron chi connectivity index (χ0n) is 13.1. The second-order valence-corrected chi connectivity index (χ2v) is 5.40. The molecule has 0 fully saturated rings. The van der Waals surface area contributed by atoms with Crippen molar-refractivity contribution >= 4 is 22.6 Å². The van der Waals surface area contributed by atoms with E-state index >= 15 is 0 Å². The molecule has 0 unspecified atom stereocenters. The molecule has 0 atom stereocenters. The smallest absolute Gasteiger partial charge is 0.336 e. The molecule has 0 aliphatic rings. The van der Waals surface area contributed by atoms with Crippen molar-refractivity contribution in [2.75, 3.05) is 5.32 Å². The van der Waals surface area contributed by atoms with Crippen LogP contribution in [0.1, 0.15) is 34.3 Å². The molecule has 0 saturated carbocycles. The van der Waals surface area contributed by atoms with Crippen LogP contribution in [0, 0.1) is 13.8 Å². The van der Waals surface area contributed by atoms with E-state index in [2.05, 4.69) is 10.5 Å². The van der Waals surface area contributed by atoms with Crippen LogP contribution < -0.4 is 10.9 Å². The second-order valence-electron chi connectivity index (χ2n) is 5.40. The molecule has 0 bridgehead atoms. The zero-order chi connectivity index (χ0) is 16.6. The third-order valence-corrected chi connectivity index (χ3v) is 3.68. The van der Waals surface area contributed by atoms with Crippen LogP contribution in [0.15, 0.2) is 38.0 Å². The summed E-state index contributed by atoms with van der Waals surface area (Å²) in [5.74, 6) is 0.314. The largest absolute Gasteiger partial charge is 0.423 e. The lowest BCUT2D eigenvalue weighted by molar-refractivity contribution is 0.101. The molecule has 1 amide bonds. The summed E-state index contributed by atoms with van der Waals surface area (Å²) in [4.78, 5) is 23.7. The highest BCUT2D eigenvalue weighted by Crippen LogP contribution is 2.25. The summed E-state index contributed by atoms with van der Waals surface area (Å²) in [6, 6.07) is 6.58. The number of anilines is 1. The van der Waals surface area contributed by atoms with Crippen LogP contribution in [0.4, 0.5) is 5.69 Å². The number of amides is 1. The van der Waals surface area contributed by atoms with Gasteiger partial charge < -0.3 is 14.3 Å². The molecule has 23 heavy (non-hydrogen) atoms. The molecule has 0 aliphatic carbocycles. The molecule has 1 N–H and O–H groups in total. The fourth-order valence-corrected chi connectivity index (χ4v) is 2.37. The Hall–Kier alpha value is -2.89. The second kappa shape index (κ2) is 5.72. The lowest BCUT2D eigenvalue weighted by Crippen LogP contribution is -2.13. The SMILES string of the molecule is CCc1cc(C(=O)Nc2cc3c(C)cc(=O)oc3cc2C)no1. The number of carbonyl (C=O) groups is 1. The van der Waals surface area contributed by atoms with E-state index in [0.717, 1.165) is 16.5 Å². The van der Waals surface area contributed by atoms with Gasteiger partial charge in [0.15, 0.2) is 5.69 Å². The minimum Gasteiger partial charge on any atom is -0.423 e. The Balaban J connectivity index is 1.98. The average Bonchev–Trinajstić information content (AvgIpc) is 2.97. The summed E-state index contributed by atoms with van der Waals surface area (Å²) < 4.78 is 10.2. The number of nitrogens with zero attached hydrogens (tertiary/aromatic N) is 1. The van der Waals surface area contributed by atoms with Crippen LogP contribution in [0.25, 0.3) is 11.0 Å². The Kier molecular flexibility index (Phi) is 3.73. The van der Waals surface area contributed by atoms with Crippen LogP contribution in [-0.4, -0.2) is 11.1 Å². The molecule has 3 rings (SSSR count). The van der Waals surface area contributed by atoms with E-state index in [-0.39, 0.29) is 17.2 Å². The fraction of sp³-hybridized carbons (Fsp3) is 0.235. The number of fused-ring (bicyclic) bond motifs is 1.